The number of nitrogens with zero attached hydrogens (tertiary/aromatic N) is 2. The van der Waals surface area contributed by atoms with Crippen LogP contribution in [0.25, 0.3) is 32.9 Å². The van der Waals surface area contributed by atoms with Gasteiger partial charge in [-0.05, 0) is 36.4 Å². The molecule has 28 heavy (non-hydrogen) atoms. The van der Waals surface area contributed by atoms with Crippen molar-refractivity contribution in [2.24, 2.45) is 0 Å². The predicted octanol–water partition coefficient (Wildman–Crippen LogP) is 4.30. The number of benzene rings is 2. The summed E-state index contributed by atoms with van der Waals surface area (Å²) in [7, 11) is 0. The van der Waals surface area contributed by atoms with E-state index in [1.54, 1.807) is 24.5 Å². The molecule has 0 amide bonds. The quantitative estimate of drug-likeness (QED) is 0.394. The second-order valence-corrected chi connectivity index (χ2v) is 6.21. The SMILES string of the molecule is CC(=O)Oc1ccc2cccnc2c1-c1c(OC(C)=O)ccc2cccnc12. The van der Waals surface area contributed by atoms with Gasteiger partial charge >= 0.3 is 11.9 Å². The third-order valence-electron chi connectivity index (χ3n) is 4.23. The third-order valence-corrected chi connectivity index (χ3v) is 4.23. The van der Waals surface area contributed by atoms with Gasteiger partial charge in [0.2, 0.25) is 0 Å². The first kappa shape index (κ1) is 17.6. The highest BCUT2D eigenvalue weighted by Gasteiger charge is 2.22. The van der Waals surface area contributed by atoms with Crippen molar-refractivity contribution in [2.45, 2.75) is 13.8 Å². The third kappa shape index (κ3) is 3.16. The van der Waals surface area contributed by atoms with Gasteiger partial charge in [0.15, 0.2) is 0 Å². The number of ether oxygens (including phenoxy) is 2. The van der Waals surface area contributed by atoms with Crippen LogP contribution in [0.2, 0.25) is 0 Å². The van der Waals surface area contributed by atoms with Crippen molar-refractivity contribution >= 4 is 33.7 Å². The van der Waals surface area contributed by atoms with Crippen molar-refractivity contribution in [3.05, 3.63) is 60.9 Å². The second kappa shape index (κ2) is 7.08. The van der Waals surface area contributed by atoms with Gasteiger partial charge in [0.25, 0.3) is 0 Å². The van der Waals surface area contributed by atoms with E-state index in [1.807, 2.05) is 36.4 Å². The van der Waals surface area contributed by atoms with Gasteiger partial charge < -0.3 is 9.47 Å². The molecule has 138 valence electrons. The smallest absolute Gasteiger partial charge is 0.308 e. The van der Waals surface area contributed by atoms with Gasteiger partial charge in [-0.25, -0.2) is 0 Å². The average Bonchev–Trinajstić information content (AvgIpc) is 2.67. The van der Waals surface area contributed by atoms with E-state index in [9.17, 15) is 9.59 Å². The van der Waals surface area contributed by atoms with E-state index in [1.165, 1.54) is 13.8 Å². The molecule has 0 spiro atoms. The molecular formula is C22H16N2O4. The highest BCUT2D eigenvalue weighted by Crippen LogP contribution is 2.44. The Balaban J connectivity index is 2.16. The lowest BCUT2D eigenvalue weighted by Crippen LogP contribution is -2.06. The molecule has 0 saturated carbocycles. The van der Waals surface area contributed by atoms with Crippen LogP contribution >= 0.6 is 0 Å². The average molecular weight is 372 g/mol. The first-order chi connectivity index (χ1) is 13.5. The zero-order valence-electron chi connectivity index (χ0n) is 15.3. The Morgan fingerprint density at radius 3 is 1.50 bits per heavy atom. The molecule has 0 aliphatic carbocycles. The molecule has 0 aliphatic heterocycles. The first-order valence-electron chi connectivity index (χ1n) is 8.67. The van der Waals surface area contributed by atoms with Crippen molar-refractivity contribution < 1.29 is 19.1 Å². The molecule has 6 heteroatoms. The second-order valence-electron chi connectivity index (χ2n) is 6.21. The highest BCUT2D eigenvalue weighted by molar-refractivity contribution is 6.07. The van der Waals surface area contributed by atoms with E-state index in [0.717, 1.165) is 10.8 Å². The molecule has 4 aromatic rings. The largest absolute Gasteiger partial charge is 0.426 e. The molecule has 2 aromatic heterocycles. The van der Waals surface area contributed by atoms with E-state index in [-0.39, 0.29) is 0 Å². The Bertz CT molecular complexity index is 1140. The Morgan fingerprint density at radius 2 is 1.11 bits per heavy atom. The first-order valence-corrected chi connectivity index (χ1v) is 8.67. The zero-order chi connectivity index (χ0) is 19.7. The fourth-order valence-corrected chi connectivity index (χ4v) is 3.22. The summed E-state index contributed by atoms with van der Waals surface area (Å²) in [6.07, 6.45) is 3.32. The molecule has 0 atom stereocenters. The van der Waals surface area contributed by atoms with Gasteiger partial charge in [0.05, 0.1) is 22.2 Å². The normalized spacial score (nSPS) is 10.8. The fourth-order valence-electron chi connectivity index (χ4n) is 3.22. The molecule has 0 radical (unpaired) electrons. The topological polar surface area (TPSA) is 78.4 Å². The van der Waals surface area contributed by atoms with Crippen molar-refractivity contribution in [2.75, 3.05) is 0 Å². The van der Waals surface area contributed by atoms with Gasteiger partial charge in [-0.15, -0.1) is 0 Å². The molecule has 0 fully saturated rings. The van der Waals surface area contributed by atoms with E-state index in [4.69, 9.17) is 9.47 Å². The number of hydrogen-bond donors (Lipinski definition) is 0. The molecular weight excluding hydrogens is 356 g/mol. The molecule has 2 aromatic carbocycles. The number of pyridine rings is 2. The minimum Gasteiger partial charge on any atom is -0.426 e. The van der Waals surface area contributed by atoms with Gasteiger partial charge in [0, 0.05) is 37.0 Å². The van der Waals surface area contributed by atoms with Crippen LogP contribution in [-0.2, 0) is 9.59 Å². The standard InChI is InChI=1S/C22H16N2O4/c1-13(25)27-17-9-7-15-5-3-11-23-21(15)19(17)20-18(28-14(2)26)10-8-16-6-4-12-24-22(16)20/h3-12H,1-2H3. The molecule has 0 unspecified atom stereocenters. The van der Waals surface area contributed by atoms with Crippen molar-refractivity contribution in [1.29, 1.82) is 0 Å². The van der Waals surface area contributed by atoms with E-state index >= 15 is 0 Å². The Morgan fingerprint density at radius 1 is 0.679 bits per heavy atom. The summed E-state index contributed by atoms with van der Waals surface area (Å²) in [5.41, 5.74) is 2.34. The molecule has 0 bridgehead atoms. The number of carbonyl (C=O) groups is 2. The van der Waals surface area contributed by atoms with Crippen molar-refractivity contribution in [3.63, 3.8) is 0 Å². The Hall–Kier alpha value is -3.80. The maximum absolute atomic E-state index is 11.7. The van der Waals surface area contributed by atoms with Gasteiger partial charge in [0.1, 0.15) is 11.5 Å². The predicted molar refractivity (Wildman–Crippen MR) is 105 cm³/mol. The maximum Gasteiger partial charge on any atom is 0.308 e. The maximum atomic E-state index is 11.7. The molecule has 0 N–H and O–H groups in total. The van der Waals surface area contributed by atoms with Crippen LogP contribution in [0.4, 0.5) is 0 Å². The molecule has 4 rings (SSSR count). The van der Waals surface area contributed by atoms with E-state index in [0.29, 0.717) is 33.7 Å². The summed E-state index contributed by atoms with van der Waals surface area (Å²) in [5.74, 6) is -0.270. The van der Waals surface area contributed by atoms with Crippen LogP contribution in [0.5, 0.6) is 11.5 Å². The van der Waals surface area contributed by atoms with E-state index in [2.05, 4.69) is 9.97 Å². The fraction of sp³-hybridized carbons (Fsp3) is 0.0909. The summed E-state index contributed by atoms with van der Waals surface area (Å²) in [6.45, 7) is 2.67. The van der Waals surface area contributed by atoms with Crippen molar-refractivity contribution in [3.8, 4) is 22.6 Å². The summed E-state index contributed by atoms with van der Waals surface area (Å²) < 4.78 is 10.9. The Labute approximate surface area is 160 Å². The van der Waals surface area contributed by atoms with Crippen LogP contribution in [0.1, 0.15) is 13.8 Å². The van der Waals surface area contributed by atoms with E-state index < -0.39 is 11.9 Å². The summed E-state index contributed by atoms with van der Waals surface area (Å²) in [4.78, 5) is 32.4. The summed E-state index contributed by atoms with van der Waals surface area (Å²) in [6, 6.07) is 14.5. The number of fused-ring (bicyclic) bond motifs is 2. The lowest BCUT2D eigenvalue weighted by molar-refractivity contribution is -0.132. The number of aromatic nitrogens is 2. The Kier molecular flexibility index (Phi) is 4.45. The minimum absolute atomic E-state index is 0.324. The lowest BCUT2D eigenvalue weighted by atomic mass is 9.97. The van der Waals surface area contributed by atoms with Crippen LogP contribution in [-0.4, -0.2) is 21.9 Å². The monoisotopic (exact) mass is 372 g/mol. The van der Waals surface area contributed by atoms with Gasteiger partial charge in [-0.2, -0.15) is 0 Å². The highest BCUT2D eigenvalue weighted by atomic mass is 16.5. The van der Waals surface area contributed by atoms with Crippen molar-refractivity contribution in [1.82, 2.24) is 9.97 Å². The van der Waals surface area contributed by atoms with Crippen LogP contribution in [0, 0.1) is 0 Å². The summed E-state index contributed by atoms with van der Waals surface area (Å²) in [5, 5.41) is 1.71. The molecule has 2 heterocycles. The van der Waals surface area contributed by atoms with Gasteiger partial charge in [-0.3, -0.25) is 19.6 Å². The number of hydrogen-bond acceptors (Lipinski definition) is 6. The number of rotatable bonds is 3. The van der Waals surface area contributed by atoms with Crippen LogP contribution in [0.15, 0.2) is 60.9 Å². The molecule has 0 saturated heterocycles. The lowest BCUT2D eigenvalue weighted by Gasteiger charge is -2.16. The summed E-state index contributed by atoms with van der Waals surface area (Å²) >= 11 is 0. The van der Waals surface area contributed by atoms with Gasteiger partial charge in [-0.1, -0.05) is 12.1 Å². The number of carbonyl (C=O) groups excluding carboxylic acids is 2. The van der Waals surface area contributed by atoms with Crippen LogP contribution in [0.3, 0.4) is 0 Å². The van der Waals surface area contributed by atoms with Crippen LogP contribution < -0.4 is 9.47 Å². The number of esters is 2. The molecule has 0 aliphatic rings. The minimum atomic E-state index is -0.459. The molecule has 6 nitrogen and oxygen atoms in total. The zero-order valence-corrected chi connectivity index (χ0v) is 15.3.